The van der Waals surface area contributed by atoms with Gasteiger partial charge in [0.15, 0.2) is 0 Å². The summed E-state index contributed by atoms with van der Waals surface area (Å²) in [5.41, 5.74) is 5.40. The van der Waals surface area contributed by atoms with E-state index < -0.39 is 9.84 Å². The Kier molecular flexibility index (Phi) is 3.78. The molecular formula is C10H17N3O3S. The number of hydrogen-bond donors (Lipinski definition) is 1. The van der Waals surface area contributed by atoms with Crippen molar-refractivity contribution in [3.05, 3.63) is 11.8 Å². The largest absolute Gasteiger partial charge is 0.425 e. The number of rotatable bonds is 4. The monoisotopic (exact) mass is 259 g/mol. The van der Waals surface area contributed by atoms with Crippen LogP contribution in [0, 0.1) is 0 Å². The fraction of sp³-hybridized carbons (Fsp3) is 0.800. The van der Waals surface area contributed by atoms with Crippen LogP contribution in [0.2, 0.25) is 0 Å². The van der Waals surface area contributed by atoms with Crippen LogP contribution in [0.5, 0.6) is 0 Å². The standard InChI is InChI=1S/C10H17N3O3S/c11-5-1-2-9-12-13-10(16-9)8-3-6-17(14,15)7-4-8/h8H,1-7,11H2. The van der Waals surface area contributed by atoms with Crippen molar-refractivity contribution < 1.29 is 12.8 Å². The van der Waals surface area contributed by atoms with Crippen molar-refractivity contribution in [2.45, 2.75) is 31.6 Å². The summed E-state index contributed by atoms with van der Waals surface area (Å²) in [7, 11) is -2.84. The highest BCUT2D eigenvalue weighted by Gasteiger charge is 2.28. The molecule has 1 aliphatic heterocycles. The minimum atomic E-state index is -2.84. The summed E-state index contributed by atoms with van der Waals surface area (Å²) < 4.78 is 28.1. The van der Waals surface area contributed by atoms with Gasteiger partial charge in [-0.2, -0.15) is 0 Å². The van der Waals surface area contributed by atoms with Gasteiger partial charge in [0.2, 0.25) is 11.8 Å². The molecule has 0 aliphatic carbocycles. The summed E-state index contributed by atoms with van der Waals surface area (Å²) >= 11 is 0. The molecule has 2 heterocycles. The van der Waals surface area contributed by atoms with Gasteiger partial charge < -0.3 is 10.2 Å². The zero-order chi connectivity index (χ0) is 12.3. The van der Waals surface area contributed by atoms with Gasteiger partial charge in [0.25, 0.3) is 0 Å². The molecule has 0 amide bonds. The molecule has 0 saturated carbocycles. The van der Waals surface area contributed by atoms with E-state index in [0.29, 0.717) is 37.6 Å². The molecule has 1 aliphatic rings. The minimum Gasteiger partial charge on any atom is -0.425 e. The molecule has 0 spiro atoms. The Morgan fingerprint density at radius 2 is 2.00 bits per heavy atom. The van der Waals surface area contributed by atoms with Crippen LogP contribution >= 0.6 is 0 Å². The third kappa shape index (κ3) is 3.26. The van der Waals surface area contributed by atoms with Gasteiger partial charge in [-0.25, -0.2) is 8.42 Å². The summed E-state index contributed by atoms with van der Waals surface area (Å²) in [5, 5.41) is 7.93. The topological polar surface area (TPSA) is 99.1 Å². The lowest BCUT2D eigenvalue weighted by Gasteiger charge is -2.18. The zero-order valence-electron chi connectivity index (χ0n) is 9.63. The van der Waals surface area contributed by atoms with E-state index >= 15 is 0 Å². The molecule has 2 N–H and O–H groups in total. The molecule has 0 radical (unpaired) electrons. The molecule has 1 saturated heterocycles. The predicted octanol–water partition coefficient (Wildman–Crippen LogP) is 0.253. The molecule has 1 aromatic rings. The second kappa shape index (κ2) is 5.14. The van der Waals surface area contributed by atoms with E-state index in [1.165, 1.54) is 0 Å². The molecular weight excluding hydrogens is 242 g/mol. The van der Waals surface area contributed by atoms with Crippen molar-refractivity contribution in [1.29, 1.82) is 0 Å². The van der Waals surface area contributed by atoms with Crippen LogP contribution in [-0.4, -0.2) is 36.7 Å². The number of nitrogens with two attached hydrogens (primary N) is 1. The first-order valence-electron chi connectivity index (χ1n) is 5.83. The molecule has 0 atom stereocenters. The van der Waals surface area contributed by atoms with E-state index in [-0.39, 0.29) is 17.4 Å². The van der Waals surface area contributed by atoms with E-state index in [4.69, 9.17) is 10.2 Å². The van der Waals surface area contributed by atoms with Gasteiger partial charge in [0, 0.05) is 12.3 Å². The second-order valence-corrected chi connectivity index (χ2v) is 6.66. The normalized spacial score (nSPS) is 20.5. The number of nitrogens with zero attached hydrogens (tertiary/aromatic N) is 2. The van der Waals surface area contributed by atoms with E-state index in [1.807, 2.05) is 0 Å². The van der Waals surface area contributed by atoms with Crippen molar-refractivity contribution in [3.63, 3.8) is 0 Å². The highest BCUT2D eigenvalue weighted by atomic mass is 32.2. The Morgan fingerprint density at radius 3 is 2.65 bits per heavy atom. The molecule has 7 heteroatoms. The molecule has 17 heavy (non-hydrogen) atoms. The molecule has 0 aromatic carbocycles. The van der Waals surface area contributed by atoms with Crippen LogP contribution in [0.4, 0.5) is 0 Å². The van der Waals surface area contributed by atoms with E-state index in [1.54, 1.807) is 0 Å². The average Bonchev–Trinajstić information content (AvgIpc) is 2.75. The lowest BCUT2D eigenvalue weighted by atomic mass is 10.0. The van der Waals surface area contributed by atoms with Crippen molar-refractivity contribution in [2.75, 3.05) is 18.1 Å². The van der Waals surface area contributed by atoms with Gasteiger partial charge in [-0.05, 0) is 25.8 Å². The Bertz CT molecular complexity index is 455. The number of aromatic nitrogens is 2. The van der Waals surface area contributed by atoms with Crippen LogP contribution in [0.1, 0.15) is 37.0 Å². The SMILES string of the molecule is NCCCc1nnc(C2CCS(=O)(=O)CC2)o1. The van der Waals surface area contributed by atoms with Crippen molar-refractivity contribution in [1.82, 2.24) is 10.2 Å². The first-order valence-corrected chi connectivity index (χ1v) is 7.65. The first kappa shape index (κ1) is 12.5. The zero-order valence-corrected chi connectivity index (χ0v) is 10.4. The summed E-state index contributed by atoms with van der Waals surface area (Å²) in [4.78, 5) is 0. The molecule has 1 aromatic heterocycles. The summed E-state index contributed by atoms with van der Waals surface area (Å²) in [5.74, 6) is 1.71. The van der Waals surface area contributed by atoms with Gasteiger partial charge in [0.1, 0.15) is 9.84 Å². The number of hydrogen-bond acceptors (Lipinski definition) is 6. The highest BCUT2D eigenvalue weighted by Crippen LogP contribution is 2.28. The molecule has 2 rings (SSSR count). The molecule has 1 fully saturated rings. The van der Waals surface area contributed by atoms with Crippen LogP contribution in [-0.2, 0) is 16.3 Å². The van der Waals surface area contributed by atoms with Crippen LogP contribution < -0.4 is 5.73 Å². The van der Waals surface area contributed by atoms with E-state index in [9.17, 15) is 8.42 Å². The molecule has 0 bridgehead atoms. The highest BCUT2D eigenvalue weighted by molar-refractivity contribution is 7.91. The Hall–Kier alpha value is -0.950. The summed E-state index contributed by atoms with van der Waals surface area (Å²) in [6, 6.07) is 0. The second-order valence-electron chi connectivity index (χ2n) is 4.35. The maximum absolute atomic E-state index is 11.3. The van der Waals surface area contributed by atoms with Crippen molar-refractivity contribution in [3.8, 4) is 0 Å². The number of sulfone groups is 1. The molecule has 96 valence electrons. The van der Waals surface area contributed by atoms with Crippen molar-refractivity contribution in [2.24, 2.45) is 5.73 Å². The van der Waals surface area contributed by atoms with E-state index in [2.05, 4.69) is 10.2 Å². The molecule has 0 unspecified atom stereocenters. The number of aryl methyl sites for hydroxylation is 1. The Balaban J connectivity index is 1.96. The summed E-state index contributed by atoms with van der Waals surface area (Å²) in [6.45, 7) is 0.597. The first-order chi connectivity index (χ1) is 8.11. The maximum atomic E-state index is 11.3. The van der Waals surface area contributed by atoms with Gasteiger partial charge in [0.05, 0.1) is 11.5 Å². The quantitative estimate of drug-likeness (QED) is 0.832. The maximum Gasteiger partial charge on any atom is 0.219 e. The van der Waals surface area contributed by atoms with Gasteiger partial charge in [-0.15, -0.1) is 10.2 Å². The lowest BCUT2D eigenvalue weighted by molar-refractivity contribution is 0.396. The minimum absolute atomic E-state index is 0.0950. The third-order valence-electron chi connectivity index (χ3n) is 2.98. The Labute approximate surface area is 101 Å². The van der Waals surface area contributed by atoms with E-state index in [0.717, 1.165) is 6.42 Å². The van der Waals surface area contributed by atoms with Gasteiger partial charge >= 0.3 is 0 Å². The predicted molar refractivity (Wildman–Crippen MR) is 62.3 cm³/mol. The molecule has 6 nitrogen and oxygen atoms in total. The van der Waals surface area contributed by atoms with Crippen molar-refractivity contribution >= 4 is 9.84 Å². The third-order valence-corrected chi connectivity index (χ3v) is 4.70. The van der Waals surface area contributed by atoms with Crippen LogP contribution in [0.3, 0.4) is 0 Å². The average molecular weight is 259 g/mol. The fourth-order valence-corrected chi connectivity index (χ4v) is 3.41. The Morgan fingerprint density at radius 1 is 1.29 bits per heavy atom. The van der Waals surface area contributed by atoms with Gasteiger partial charge in [-0.3, -0.25) is 0 Å². The van der Waals surface area contributed by atoms with Crippen LogP contribution in [0.15, 0.2) is 4.42 Å². The lowest BCUT2D eigenvalue weighted by Crippen LogP contribution is -2.22. The van der Waals surface area contributed by atoms with Crippen LogP contribution in [0.25, 0.3) is 0 Å². The van der Waals surface area contributed by atoms with Gasteiger partial charge in [-0.1, -0.05) is 0 Å². The smallest absolute Gasteiger partial charge is 0.219 e. The summed E-state index contributed by atoms with van der Waals surface area (Å²) in [6.07, 6.45) is 2.68. The fourth-order valence-electron chi connectivity index (χ4n) is 1.92.